The van der Waals surface area contributed by atoms with Crippen molar-refractivity contribution in [3.05, 3.63) is 63.6 Å². The molecule has 0 atom stereocenters. The highest BCUT2D eigenvalue weighted by atomic mass is 79.9. The van der Waals surface area contributed by atoms with Crippen molar-refractivity contribution in [1.29, 1.82) is 0 Å². The van der Waals surface area contributed by atoms with Crippen LogP contribution < -0.4 is 4.74 Å². The van der Waals surface area contributed by atoms with Crippen LogP contribution in [0.3, 0.4) is 0 Å². The van der Waals surface area contributed by atoms with Crippen LogP contribution in [0.4, 0.5) is 8.78 Å². The molecule has 2 rings (SSSR count). The second-order valence-corrected chi connectivity index (χ2v) is 5.68. The Kier molecular flexibility index (Phi) is 4.73. The van der Waals surface area contributed by atoms with Gasteiger partial charge in [-0.2, -0.15) is 0 Å². The van der Waals surface area contributed by atoms with E-state index < -0.39 is 23.0 Å². The predicted molar refractivity (Wildman–Crippen MR) is 79.7 cm³/mol. The van der Waals surface area contributed by atoms with Gasteiger partial charge in [-0.1, -0.05) is 15.9 Å². The lowest BCUT2D eigenvalue weighted by molar-refractivity contribution is 0.103. The molecule has 0 spiro atoms. The zero-order valence-corrected chi connectivity index (χ0v) is 13.1. The molecule has 0 radical (unpaired) electrons. The van der Waals surface area contributed by atoms with E-state index in [1.54, 1.807) is 12.1 Å². The number of hydrogen-bond donors (Lipinski definition) is 0. The first-order valence-electron chi connectivity index (χ1n) is 6.34. The topological polar surface area (TPSA) is 26.3 Å². The molecule has 0 saturated carbocycles. The smallest absolute Gasteiger partial charge is 0.198 e. The van der Waals surface area contributed by atoms with Crippen LogP contribution in [0.2, 0.25) is 0 Å². The Labute approximate surface area is 129 Å². The van der Waals surface area contributed by atoms with E-state index in [4.69, 9.17) is 4.74 Å². The number of hydrogen-bond acceptors (Lipinski definition) is 2. The fourth-order valence-electron chi connectivity index (χ4n) is 1.86. The molecule has 0 amide bonds. The molecule has 2 nitrogen and oxygen atoms in total. The minimum Gasteiger partial charge on any atom is -0.491 e. The molecule has 0 bridgehead atoms. The number of ketones is 1. The van der Waals surface area contributed by atoms with Crippen molar-refractivity contribution in [1.82, 2.24) is 0 Å². The number of ether oxygens (including phenoxy) is 1. The number of benzene rings is 2. The molecular weight excluding hydrogens is 342 g/mol. The molecule has 2 aromatic rings. The number of carbonyl (C=O) groups excluding carboxylic acids is 1. The summed E-state index contributed by atoms with van der Waals surface area (Å²) in [4.78, 5) is 12.2. The summed E-state index contributed by atoms with van der Waals surface area (Å²) >= 11 is 2.98. The fourth-order valence-corrected chi connectivity index (χ4v) is 2.26. The maximum absolute atomic E-state index is 13.8. The van der Waals surface area contributed by atoms with E-state index >= 15 is 0 Å². The Hall–Kier alpha value is -1.75. The summed E-state index contributed by atoms with van der Waals surface area (Å²) in [6.07, 6.45) is 0.00733. The van der Waals surface area contributed by atoms with E-state index in [1.165, 1.54) is 12.1 Å². The Bertz CT molecular complexity index is 643. The zero-order chi connectivity index (χ0) is 15.6. The summed E-state index contributed by atoms with van der Waals surface area (Å²) in [6.45, 7) is 3.76. The fraction of sp³-hybridized carbons (Fsp3) is 0.188. The summed E-state index contributed by atoms with van der Waals surface area (Å²) in [5.74, 6) is -1.89. The zero-order valence-electron chi connectivity index (χ0n) is 11.5. The van der Waals surface area contributed by atoms with Gasteiger partial charge in [-0.05, 0) is 50.2 Å². The molecule has 0 aliphatic carbocycles. The summed E-state index contributed by atoms with van der Waals surface area (Å²) in [7, 11) is 0. The van der Waals surface area contributed by atoms with E-state index in [-0.39, 0.29) is 16.1 Å². The van der Waals surface area contributed by atoms with Crippen molar-refractivity contribution >= 4 is 21.7 Å². The molecule has 21 heavy (non-hydrogen) atoms. The first-order valence-corrected chi connectivity index (χ1v) is 7.13. The average Bonchev–Trinajstić information content (AvgIpc) is 2.37. The van der Waals surface area contributed by atoms with Crippen LogP contribution in [0.25, 0.3) is 0 Å². The van der Waals surface area contributed by atoms with Crippen LogP contribution in [0.5, 0.6) is 5.75 Å². The number of carbonyl (C=O) groups is 1. The second-order valence-electron chi connectivity index (χ2n) is 4.76. The molecule has 5 heteroatoms. The van der Waals surface area contributed by atoms with Gasteiger partial charge in [0.25, 0.3) is 0 Å². The van der Waals surface area contributed by atoms with Crippen LogP contribution in [-0.2, 0) is 0 Å². The Balaban J connectivity index is 2.32. The third kappa shape index (κ3) is 3.67. The molecule has 0 heterocycles. The minimum atomic E-state index is -0.894. The van der Waals surface area contributed by atoms with Crippen LogP contribution in [-0.4, -0.2) is 11.9 Å². The van der Waals surface area contributed by atoms with Crippen molar-refractivity contribution in [2.75, 3.05) is 0 Å². The maximum Gasteiger partial charge on any atom is 0.198 e. The molecule has 0 aromatic heterocycles. The largest absolute Gasteiger partial charge is 0.491 e. The molecule has 0 saturated heterocycles. The Morgan fingerprint density at radius 3 is 2.10 bits per heavy atom. The van der Waals surface area contributed by atoms with Gasteiger partial charge in [-0.25, -0.2) is 8.78 Å². The monoisotopic (exact) mass is 354 g/mol. The highest BCUT2D eigenvalue weighted by Gasteiger charge is 2.20. The molecule has 2 aromatic carbocycles. The minimum absolute atomic E-state index is 0.00733. The lowest BCUT2D eigenvalue weighted by Gasteiger charge is -2.10. The normalized spacial score (nSPS) is 10.8. The summed E-state index contributed by atoms with van der Waals surface area (Å²) in [5.41, 5.74) is -0.359. The van der Waals surface area contributed by atoms with Gasteiger partial charge >= 0.3 is 0 Å². The van der Waals surface area contributed by atoms with Crippen molar-refractivity contribution in [3.8, 4) is 5.75 Å². The molecule has 110 valence electrons. The quantitative estimate of drug-likeness (QED) is 0.741. The molecule has 0 aliphatic rings. The van der Waals surface area contributed by atoms with Gasteiger partial charge in [-0.15, -0.1) is 0 Å². The van der Waals surface area contributed by atoms with Gasteiger partial charge in [0.2, 0.25) is 0 Å². The van der Waals surface area contributed by atoms with E-state index in [9.17, 15) is 13.6 Å². The van der Waals surface area contributed by atoms with Gasteiger partial charge in [0.1, 0.15) is 17.4 Å². The van der Waals surface area contributed by atoms with Crippen LogP contribution in [0.15, 0.2) is 40.9 Å². The maximum atomic E-state index is 13.8. The number of rotatable bonds is 4. The second kappa shape index (κ2) is 6.35. The summed E-state index contributed by atoms with van der Waals surface area (Å²) in [5, 5.41) is 0. The first kappa shape index (κ1) is 15.6. The lowest BCUT2D eigenvalue weighted by atomic mass is 10.0. The van der Waals surface area contributed by atoms with Crippen molar-refractivity contribution in [3.63, 3.8) is 0 Å². The third-order valence-electron chi connectivity index (χ3n) is 2.72. The van der Waals surface area contributed by atoms with Crippen molar-refractivity contribution in [2.45, 2.75) is 20.0 Å². The molecule has 0 fully saturated rings. The van der Waals surface area contributed by atoms with Crippen molar-refractivity contribution < 1.29 is 18.3 Å². The first-order chi connectivity index (χ1) is 9.88. The van der Waals surface area contributed by atoms with Gasteiger partial charge < -0.3 is 4.74 Å². The number of halogens is 3. The van der Waals surface area contributed by atoms with E-state index in [2.05, 4.69) is 15.9 Å². The van der Waals surface area contributed by atoms with Gasteiger partial charge in [0, 0.05) is 10.0 Å². The standard InChI is InChI=1S/C16H13BrF2O2/c1-9(2)21-12-5-3-10(4-6-12)16(20)15-13(18)7-11(17)8-14(15)19/h3-9H,1-2H3. The van der Waals surface area contributed by atoms with Crippen LogP contribution in [0.1, 0.15) is 29.8 Å². The van der Waals surface area contributed by atoms with E-state index in [0.29, 0.717) is 5.75 Å². The molecule has 0 N–H and O–H groups in total. The lowest BCUT2D eigenvalue weighted by Crippen LogP contribution is -2.08. The third-order valence-corrected chi connectivity index (χ3v) is 3.18. The van der Waals surface area contributed by atoms with Crippen molar-refractivity contribution in [2.24, 2.45) is 0 Å². The average molecular weight is 355 g/mol. The van der Waals surface area contributed by atoms with Gasteiger partial charge in [-0.3, -0.25) is 4.79 Å². The van der Waals surface area contributed by atoms with Gasteiger partial charge in [0.15, 0.2) is 5.78 Å². The Morgan fingerprint density at radius 2 is 1.62 bits per heavy atom. The molecule has 0 aliphatic heterocycles. The highest BCUT2D eigenvalue weighted by Crippen LogP contribution is 2.23. The van der Waals surface area contributed by atoms with E-state index in [1.807, 2.05) is 13.8 Å². The van der Waals surface area contributed by atoms with Gasteiger partial charge in [0.05, 0.1) is 11.7 Å². The summed E-state index contributed by atoms with van der Waals surface area (Å²) in [6, 6.07) is 8.30. The SMILES string of the molecule is CC(C)Oc1ccc(C(=O)c2c(F)cc(Br)cc2F)cc1. The predicted octanol–water partition coefficient (Wildman–Crippen LogP) is 4.75. The molecule has 0 unspecified atom stereocenters. The highest BCUT2D eigenvalue weighted by molar-refractivity contribution is 9.10. The van der Waals surface area contributed by atoms with Crippen LogP contribution >= 0.6 is 15.9 Å². The van der Waals surface area contributed by atoms with E-state index in [0.717, 1.165) is 12.1 Å². The summed E-state index contributed by atoms with van der Waals surface area (Å²) < 4.78 is 33.3. The Morgan fingerprint density at radius 1 is 1.10 bits per heavy atom. The van der Waals surface area contributed by atoms with Crippen LogP contribution in [0, 0.1) is 11.6 Å². The molecular formula is C16H13BrF2O2.